The van der Waals surface area contributed by atoms with Gasteiger partial charge in [0.2, 0.25) is 0 Å². The van der Waals surface area contributed by atoms with E-state index in [2.05, 4.69) is 16.4 Å². The van der Waals surface area contributed by atoms with Crippen LogP contribution in [0, 0.1) is 0 Å². The largest absolute Gasteiger partial charge is 0.296 e. The van der Waals surface area contributed by atoms with Gasteiger partial charge >= 0.3 is 0 Å². The van der Waals surface area contributed by atoms with Crippen molar-refractivity contribution in [1.29, 1.82) is 0 Å². The van der Waals surface area contributed by atoms with Gasteiger partial charge in [-0.25, -0.2) is 4.68 Å². The van der Waals surface area contributed by atoms with Crippen LogP contribution in [-0.2, 0) is 6.42 Å². The van der Waals surface area contributed by atoms with E-state index in [0.717, 1.165) is 18.4 Å². The van der Waals surface area contributed by atoms with E-state index in [-0.39, 0.29) is 6.04 Å². The topological polar surface area (TPSA) is 47.8 Å². The molecule has 5 heteroatoms. The average Bonchev–Trinajstić information content (AvgIpc) is 2.87. The van der Waals surface area contributed by atoms with Gasteiger partial charge in [-0.2, -0.15) is 0 Å². The maximum atomic E-state index is 10.9. The van der Waals surface area contributed by atoms with Crippen molar-refractivity contribution < 1.29 is 4.79 Å². The lowest BCUT2D eigenvalue weighted by atomic mass is 10.2. The lowest BCUT2D eigenvalue weighted by molar-refractivity contribution is 0.111. The molecule has 2 aromatic heterocycles. The number of aromatic nitrogens is 3. The zero-order valence-electron chi connectivity index (χ0n) is 9.25. The molecule has 84 valence electrons. The summed E-state index contributed by atoms with van der Waals surface area (Å²) in [6.07, 6.45) is 1.49. The van der Waals surface area contributed by atoms with Crippen LogP contribution in [0.4, 0.5) is 0 Å². The summed E-state index contributed by atoms with van der Waals surface area (Å²) in [5.41, 5.74) is 1.34. The molecule has 0 aromatic carbocycles. The van der Waals surface area contributed by atoms with E-state index in [1.54, 1.807) is 11.3 Å². The van der Waals surface area contributed by atoms with Gasteiger partial charge in [-0.05, 0) is 25.3 Å². The predicted octanol–water partition coefficient (Wildman–Crippen LogP) is 2.32. The molecule has 0 saturated carbocycles. The molecule has 2 aromatic rings. The van der Waals surface area contributed by atoms with Gasteiger partial charge in [0, 0.05) is 17.3 Å². The second kappa shape index (κ2) is 4.57. The summed E-state index contributed by atoms with van der Waals surface area (Å²) in [6.45, 7) is 4.06. The monoisotopic (exact) mass is 235 g/mol. The third-order valence-corrected chi connectivity index (χ3v) is 3.22. The maximum Gasteiger partial charge on any atom is 0.172 e. The normalized spacial score (nSPS) is 10.9. The van der Waals surface area contributed by atoms with Gasteiger partial charge < -0.3 is 0 Å². The van der Waals surface area contributed by atoms with E-state index in [1.165, 1.54) is 4.88 Å². The van der Waals surface area contributed by atoms with Gasteiger partial charge in [-0.1, -0.05) is 11.3 Å². The Hall–Kier alpha value is -1.49. The summed E-state index contributed by atoms with van der Waals surface area (Å²) in [5.74, 6) is 0. The fourth-order valence-electron chi connectivity index (χ4n) is 1.58. The molecule has 0 aliphatic heterocycles. The molecule has 0 saturated heterocycles. The molecule has 2 heterocycles. The molecule has 16 heavy (non-hydrogen) atoms. The molecule has 2 rings (SSSR count). The van der Waals surface area contributed by atoms with E-state index in [0.29, 0.717) is 5.69 Å². The number of aldehydes is 1. The van der Waals surface area contributed by atoms with Crippen molar-refractivity contribution in [3.05, 3.63) is 33.8 Å². The summed E-state index contributed by atoms with van der Waals surface area (Å²) in [5, 5.41) is 9.92. The highest BCUT2D eigenvalue weighted by Crippen LogP contribution is 2.18. The Kier molecular flexibility index (Phi) is 3.14. The lowest BCUT2D eigenvalue weighted by Crippen LogP contribution is -2.08. The van der Waals surface area contributed by atoms with Crippen molar-refractivity contribution in [2.24, 2.45) is 0 Å². The van der Waals surface area contributed by atoms with Crippen LogP contribution in [-0.4, -0.2) is 21.3 Å². The number of nitrogens with zero attached hydrogens (tertiary/aromatic N) is 3. The first-order valence-electron chi connectivity index (χ1n) is 5.14. The first-order valence-corrected chi connectivity index (χ1v) is 6.02. The molecule has 0 fully saturated rings. The van der Waals surface area contributed by atoms with Crippen molar-refractivity contribution in [2.75, 3.05) is 0 Å². The van der Waals surface area contributed by atoms with Crippen LogP contribution in [0.5, 0.6) is 0 Å². The Morgan fingerprint density at radius 2 is 2.38 bits per heavy atom. The van der Waals surface area contributed by atoms with E-state index in [1.807, 2.05) is 30.0 Å². The molecule has 0 N–H and O–H groups in total. The lowest BCUT2D eigenvalue weighted by Gasteiger charge is -2.08. The second-order valence-corrected chi connectivity index (χ2v) is 4.87. The van der Waals surface area contributed by atoms with Crippen LogP contribution in [0.3, 0.4) is 0 Å². The fraction of sp³-hybridized carbons (Fsp3) is 0.364. The van der Waals surface area contributed by atoms with Crippen molar-refractivity contribution in [2.45, 2.75) is 26.3 Å². The molecular formula is C11H13N3OS. The minimum atomic E-state index is 0.219. The molecule has 0 aliphatic carbocycles. The van der Waals surface area contributed by atoms with Crippen LogP contribution in [0.2, 0.25) is 0 Å². The molecule has 0 aliphatic rings. The van der Waals surface area contributed by atoms with Crippen LogP contribution in [0.25, 0.3) is 0 Å². The number of carbonyl (C=O) groups excluding carboxylic acids is 1. The zero-order valence-corrected chi connectivity index (χ0v) is 10.1. The van der Waals surface area contributed by atoms with Crippen molar-refractivity contribution in [3.63, 3.8) is 0 Å². The first-order chi connectivity index (χ1) is 7.72. The molecule has 0 spiro atoms. The van der Waals surface area contributed by atoms with Gasteiger partial charge in [-0.15, -0.1) is 16.4 Å². The molecule has 0 unspecified atom stereocenters. The fourth-order valence-corrected chi connectivity index (χ4v) is 2.29. The van der Waals surface area contributed by atoms with Gasteiger partial charge in [-0.3, -0.25) is 4.79 Å². The van der Waals surface area contributed by atoms with Crippen molar-refractivity contribution >= 4 is 17.6 Å². The van der Waals surface area contributed by atoms with E-state index >= 15 is 0 Å². The Bertz CT molecular complexity index is 473. The minimum Gasteiger partial charge on any atom is -0.296 e. The predicted molar refractivity (Wildman–Crippen MR) is 62.9 cm³/mol. The number of thiophene rings is 1. The maximum absolute atomic E-state index is 10.9. The highest BCUT2D eigenvalue weighted by molar-refractivity contribution is 7.09. The quantitative estimate of drug-likeness (QED) is 0.764. The summed E-state index contributed by atoms with van der Waals surface area (Å²) >= 11 is 1.68. The third kappa shape index (κ3) is 2.04. The van der Waals surface area contributed by atoms with E-state index < -0.39 is 0 Å². The summed E-state index contributed by atoms with van der Waals surface area (Å²) in [6, 6.07) is 4.28. The standard InChI is InChI=1S/C11H13N3OS/c1-8(2)14-11(10(7-15)12-13-14)6-9-4-3-5-16-9/h3-5,7-8H,6H2,1-2H3. The number of carbonyl (C=O) groups is 1. The smallest absolute Gasteiger partial charge is 0.172 e. The van der Waals surface area contributed by atoms with Gasteiger partial charge in [0.15, 0.2) is 6.29 Å². The van der Waals surface area contributed by atoms with Gasteiger partial charge in [0.1, 0.15) is 5.69 Å². The highest BCUT2D eigenvalue weighted by atomic mass is 32.1. The first kappa shape index (κ1) is 11.0. The SMILES string of the molecule is CC(C)n1nnc(C=O)c1Cc1cccs1. The Labute approximate surface area is 97.9 Å². The summed E-state index contributed by atoms with van der Waals surface area (Å²) in [4.78, 5) is 12.1. The van der Waals surface area contributed by atoms with Crippen molar-refractivity contribution in [1.82, 2.24) is 15.0 Å². The molecule has 0 atom stereocenters. The number of hydrogen-bond acceptors (Lipinski definition) is 4. The number of hydrogen-bond donors (Lipinski definition) is 0. The Morgan fingerprint density at radius 3 is 2.94 bits per heavy atom. The molecule has 0 amide bonds. The van der Waals surface area contributed by atoms with E-state index in [4.69, 9.17) is 0 Å². The van der Waals surface area contributed by atoms with E-state index in [9.17, 15) is 4.79 Å². The van der Waals surface area contributed by atoms with Crippen LogP contribution >= 0.6 is 11.3 Å². The average molecular weight is 235 g/mol. The molecule has 0 bridgehead atoms. The molecule has 0 radical (unpaired) electrons. The van der Waals surface area contributed by atoms with Gasteiger partial charge in [0.05, 0.1) is 5.69 Å². The molecule has 4 nitrogen and oxygen atoms in total. The van der Waals surface area contributed by atoms with Gasteiger partial charge in [0.25, 0.3) is 0 Å². The van der Waals surface area contributed by atoms with Crippen LogP contribution in [0.1, 0.15) is 40.9 Å². The second-order valence-electron chi connectivity index (χ2n) is 3.83. The Balaban J connectivity index is 2.37. The molecular weight excluding hydrogens is 222 g/mol. The summed E-state index contributed by atoms with van der Waals surface area (Å²) in [7, 11) is 0. The number of rotatable bonds is 4. The Morgan fingerprint density at radius 1 is 1.56 bits per heavy atom. The van der Waals surface area contributed by atoms with Crippen molar-refractivity contribution in [3.8, 4) is 0 Å². The van der Waals surface area contributed by atoms with Crippen LogP contribution in [0.15, 0.2) is 17.5 Å². The minimum absolute atomic E-state index is 0.219. The summed E-state index contributed by atoms with van der Waals surface area (Å²) < 4.78 is 1.81. The van der Waals surface area contributed by atoms with Crippen LogP contribution < -0.4 is 0 Å². The highest BCUT2D eigenvalue weighted by Gasteiger charge is 2.14. The zero-order chi connectivity index (χ0) is 11.5. The third-order valence-electron chi connectivity index (χ3n) is 2.34.